The van der Waals surface area contributed by atoms with Crippen molar-refractivity contribution in [3.63, 3.8) is 0 Å². The molecule has 1 atom stereocenters. The van der Waals surface area contributed by atoms with Crippen LogP contribution in [0.3, 0.4) is 0 Å². The average Bonchev–Trinajstić information content (AvgIpc) is 2.35. The first-order valence-corrected chi connectivity index (χ1v) is 5.74. The van der Waals surface area contributed by atoms with Crippen LogP contribution >= 0.6 is 0 Å². The summed E-state index contributed by atoms with van der Waals surface area (Å²) in [6.07, 6.45) is 0. The molecule has 0 spiro atoms. The summed E-state index contributed by atoms with van der Waals surface area (Å²) in [7, 11) is 4.49. The Morgan fingerprint density at radius 3 is 2.63 bits per heavy atom. The lowest BCUT2D eigenvalue weighted by atomic mass is 10.1. The summed E-state index contributed by atoms with van der Waals surface area (Å²) >= 11 is 0. The number of hydrogen-bond donors (Lipinski definition) is 1. The lowest BCUT2D eigenvalue weighted by Crippen LogP contribution is -2.41. The van der Waals surface area contributed by atoms with Crippen LogP contribution in [0.2, 0.25) is 0 Å². The lowest BCUT2D eigenvalue weighted by molar-refractivity contribution is -0.144. The predicted molar refractivity (Wildman–Crippen MR) is 67.7 cm³/mol. The third-order valence-corrected chi connectivity index (χ3v) is 2.79. The molecule has 0 aliphatic carbocycles. The molecular formula is C13H18FNO4. The molecule has 106 valence electrons. The molecule has 1 rings (SSSR count). The van der Waals surface area contributed by atoms with Gasteiger partial charge >= 0.3 is 5.97 Å². The number of benzene rings is 1. The van der Waals surface area contributed by atoms with E-state index in [9.17, 15) is 9.18 Å². The van der Waals surface area contributed by atoms with E-state index in [1.165, 1.54) is 26.4 Å². The van der Waals surface area contributed by atoms with Crippen molar-refractivity contribution in [1.82, 2.24) is 4.90 Å². The molecule has 0 bridgehead atoms. The molecule has 1 aromatic carbocycles. The smallest absolute Gasteiger partial charge is 0.323 e. The zero-order chi connectivity index (χ0) is 14.4. The van der Waals surface area contributed by atoms with Crippen molar-refractivity contribution in [2.45, 2.75) is 12.6 Å². The van der Waals surface area contributed by atoms with Crippen molar-refractivity contribution in [3.8, 4) is 5.75 Å². The van der Waals surface area contributed by atoms with E-state index in [2.05, 4.69) is 0 Å². The van der Waals surface area contributed by atoms with E-state index in [0.29, 0.717) is 12.1 Å². The maximum Gasteiger partial charge on any atom is 0.323 e. The van der Waals surface area contributed by atoms with Crippen molar-refractivity contribution < 1.29 is 23.8 Å². The topological polar surface area (TPSA) is 59.0 Å². The average molecular weight is 271 g/mol. The van der Waals surface area contributed by atoms with Crippen LogP contribution in [0.4, 0.5) is 4.39 Å². The van der Waals surface area contributed by atoms with E-state index in [-0.39, 0.29) is 12.4 Å². The molecule has 0 aromatic heterocycles. The summed E-state index contributed by atoms with van der Waals surface area (Å²) < 4.78 is 23.2. The van der Waals surface area contributed by atoms with Gasteiger partial charge in [-0.1, -0.05) is 6.07 Å². The van der Waals surface area contributed by atoms with Gasteiger partial charge in [-0.15, -0.1) is 0 Å². The normalized spacial score (nSPS) is 12.5. The second kappa shape index (κ2) is 7.06. The van der Waals surface area contributed by atoms with E-state index in [0.717, 1.165) is 0 Å². The molecular weight excluding hydrogens is 253 g/mol. The van der Waals surface area contributed by atoms with Crippen molar-refractivity contribution in [3.05, 3.63) is 29.6 Å². The molecule has 0 aliphatic rings. The third-order valence-electron chi connectivity index (χ3n) is 2.79. The van der Waals surface area contributed by atoms with Crippen LogP contribution in [0.5, 0.6) is 5.75 Å². The predicted octanol–water partition coefficient (Wildman–Crippen LogP) is 1.37. The van der Waals surface area contributed by atoms with Gasteiger partial charge in [0.05, 0.1) is 13.7 Å². The minimum absolute atomic E-state index is 0.0739. The Kier molecular flexibility index (Phi) is 5.72. The maximum absolute atomic E-state index is 13.5. The van der Waals surface area contributed by atoms with Crippen molar-refractivity contribution in [2.24, 2.45) is 0 Å². The van der Waals surface area contributed by atoms with Gasteiger partial charge in [-0.25, -0.2) is 4.39 Å². The molecule has 6 heteroatoms. The van der Waals surface area contributed by atoms with Crippen molar-refractivity contribution in [2.75, 3.05) is 27.9 Å². The molecule has 0 fully saturated rings. The Morgan fingerprint density at radius 2 is 2.16 bits per heavy atom. The molecule has 0 amide bonds. The van der Waals surface area contributed by atoms with Gasteiger partial charge < -0.3 is 14.6 Å². The minimum Gasteiger partial charge on any atom is -0.494 e. The number of nitrogens with zero attached hydrogens (tertiary/aromatic N) is 1. The first-order chi connectivity index (χ1) is 8.99. The summed E-state index contributed by atoms with van der Waals surface area (Å²) in [5.74, 6) is -1.27. The number of carbonyl (C=O) groups is 1. The Morgan fingerprint density at radius 1 is 1.47 bits per heavy atom. The van der Waals surface area contributed by atoms with Crippen LogP contribution < -0.4 is 4.74 Å². The Labute approximate surface area is 111 Å². The number of methoxy groups -OCH3 is 2. The van der Waals surface area contributed by atoms with Gasteiger partial charge in [0.25, 0.3) is 0 Å². The standard InChI is InChI=1S/C13H18FNO4/c1-15(11(8-18-2)13(16)17)7-9-4-5-12(19-3)10(14)6-9/h4-6,11H,7-8H2,1-3H3,(H,16,17). The summed E-state index contributed by atoms with van der Waals surface area (Å²) in [6.45, 7) is 0.381. The molecule has 0 aliphatic heterocycles. The number of hydrogen-bond acceptors (Lipinski definition) is 4. The number of halogens is 1. The maximum atomic E-state index is 13.5. The van der Waals surface area contributed by atoms with Gasteiger partial charge in [0.15, 0.2) is 11.6 Å². The molecule has 0 saturated carbocycles. The lowest BCUT2D eigenvalue weighted by Gasteiger charge is -2.24. The fourth-order valence-electron chi connectivity index (χ4n) is 1.75. The van der Waals surface area contributed by atoms with Crippen molar-refractivity contribution in [1.29, 1.82) is 0 Å². The highest BCUT2D eigenvalue weighted by molar-refractivity contribution is 5.73. The second-order valence-corrected chi connectivity index (χ2v) is 4.19. The number of aliphatic carboxylic acids is 1. The Balaban J connectivity index is 2.77. The van der Waals surface area contributed by atoms with Crippen LogP contribution in [0.25, 0.3) is 0 Å². The summed E-state index contributed by atoms with van der Waals surface area (Å²) in [6, 6.07) is 3.78. The Bertz CT molecular complexity index is 439. The molecule has 1 aromatic rings. The largest absolute Gasteiger partial charge is 0.494 e. The summed E-state index contributed by atoms with van der Waals surface area (Å²) in [4.78, 5) is 12.7. The fourth-order valence-corrected chi connectivity index (χ4v) is 1.75. The highest BCUT2D eigenvalue weighted by atomic mass is 19.1. The number of likely N-dealkylation sites (N-methyl/N-ethyl adjacent to an activating group) is 1. The number of rotatable bonds is 7. The molecule has 0 saturated heterocycles. The van der Waals surface area contributed by atoms with Gasteiger partial charge in [-0.3, -0.25) is 9.69 Å². The van der Waals surface area contributed by atoms with Crippen LogP contribution in [0, 0.1) is 5.82 Å². The van der Waals surface area contributed by atoms with Crippen molar-refractivity contribution >= 4 is 5.97 Å². The molecule has 0 radical (unpaired) electrons. The van der Waals surface area contributed by atoms with Gasteiger partial charge in [-0.05, 0) is 24.7 Å². The van der Waals surface area contributed by atoms with Crippen LogP contribution in [-0.2, 0) is 16.1 Å². The van der Waals surface area contributed by atoms with Crippen LogP contribution in [-0.4, -0.2) is 49.9 Å². The molecule has 0 heterocycles. The summed E-state index contributed by atoms with van der Waals surface area (Å²) in [5, 5.41) is 9.07. The molecule has 1 unspecified atom stereocenters. The number of carboxylic acid groups (broad SMARTS) is 1. The highest BCUT2D eigenvalue weighted by Gasteiger charge is 2.22. The quantitative estimate of drug-likeness (QED) is 0.811. The number of ether oxygens (including phenoxy) is 2. The molecule has 5 nitrogen and oxygen atoms in total. The van der Waals surface area contributed by atoms with Crippen LogP contribution in [0.15, 0.2) is 18.2 Å². The van der Waals surface area contributed by atoms with E-state index in [1.54, 1.807) is 18.0 Å². The summed E-state index contributed by atoms with van der Waals surface area (Å²) in [5.41, 5.74) is 0.670. The molecule has 19 heavy (non-hydrogen) atoms. The van der Waals surface area contributed by atoms with E-state index in [4.69, 9.17) is 14.6 Å². The van der Waals surface area contributed by atoms with Gasteiger partial charge in [0, 0.05) is 13.7 Å². The van der Waals surface area contributed by atoms with E-state index >= 15 is 0 Å². The second-order valence-electron chi connectivity index (χ2n) is 4.19. The van der Waals surface area contributed by atoms with Gasteiger partial charge in [0.1, 0.15) is 6.04 Å². The highest BCUT2D eigenvalue weighted by Crippen LogP contribution is 2.19. The van der Waals surface area contributed by atoms with Gasteiger partial charge in [0.2, 0.25) is 0 Å². The third kappa shape index (κ3) is 4.18. The first-order valence-electron chi connectivity index (χ1n) is 5.74. The zero-order valence-corrected chi connectivity index (χ0v) is 11.2. The van der Waals surface area contributed by atoms with E-state index < -0.39 is 17.8 Å². The monoisotopic (exact) mass is 271 g/mol. The fraction of sp³-hybridized carbons (Fsp3) is 0.462. The first kappa shape index (κ1) is 15.4. The molecule has 1 N–H and O–H groups in total. The van der Waals surface area contributed by atoms with Gasteiger partial charge in [-0.2, -0.15) is 0 Å². The number of carboxylic acids is 1. The van der Waals surface area contributed by atoms with E-state index in [1.807, 2.05) is 0 Å². The minimum atomic E-state index is -0.974. The zero-order valence-electron chi connectivity index (χ0n) is 11.2. The SMILES string of the molecule is COCC(C(=O)O)N(C)Cc1ccc(OC)c(F)c1. The van der Waals surface area contributed by atoms with Crippen LogP contribution in [0.1, 0.15) is 5.56 Å². The Hall–Kier alpha value is -1.66.